The van der Waals surface area contributed by atoms with Crippen LogP contribution in [-0.4, -0.2) is 54.0 Å². The van der Waals surface area contributed by atoms with Crippen molar-refractivity contribution < 1.29 is 18.7 Å². The minimum Gasteiger partial charge on any atom is -0.445 e. The Balaban J connectivity index is 1.73. The maximum absolute atomic E-state index is 15.5. The fourth-order valence-corrected chi connectivity index (χ4v) is 4.44. The van der Waals surface area contributed by atoms with Gasteiger partial charge in [-0.1, -0.05) is 29.6 Å². The number of amides is 1. The summed E-state index contributed by atoms with van der Waals surface area (Å²) in [4.78, 5) is 27.7. The van der Waals surface area contributed by atoms with Crippen LogP contribution in [0.15, 0.2) is 42.6 Å². The molecule has 0 radical (unpaired) electrons. The predicted molar refractivity (Wildman–Crippen MR) is 126 cm³/mol. The van der Waals surface area contributed by atoms with E-state index in [0.29, 0.717) is 42.6 Å². The number of allylic oxidation sites excluding steroid dienone is 1. The molecule has 33 heavy (non-hydrogen) atoms. The van der Waals surface area contributed by atoms with Crippen molar-refractivity contribution in [1.29, 1.82) is 0 Å². The molecule has 172 valence electrons. The molecule has 2 aromatic heterocycles. The van der Waals surface area contributed by atoms with E-state index in [1.165, 1.54) is 23.6 Å². The maximum atomic E-state index is 15.5. The molecule has 4 rings (SSSR count). The average molecular weight is 490 g/mol. The van der Waals surface area contributed by atoms with Gasteiger partial charge in [0.2, 0.25) is 5.28 Å². The van der Waals surface area contributed by atoms with Gasteiger partial charge >= 0.3 is 6.09 Å². The molecule has 1 aliphatic rings. The lowest BCUT2D eigenvalue weighted by Gasteiger charge is -2.26. The van der Waals surface area contributed by atoms with Gasteiger partial charge in [-0.3, -0.25) is 5.32 Å². The normalized spacial score (nSPS) is 14.0. The molecule has 0 spiro atoms. The number of hydrogen-bond donors (Lipinski definition) is 1. The molecule has 1 fully saturated rings. The smallest absolute Gasteiger partial charge is 0.412 e. The van der Waals surface area contributed by atoms with Crippen LogP contribution in [0.1, 0.15) is 6.92 Å². The molecule has 0 saturated carbocycles. The molecule has 8 nitrogen and oxygen atoms in total. The molecule has 1 aromatic carbocycles. The van der Waals surface area contributed by atoms with Crippen molar-refractivity contribution in [3.8, 4) is 21.8 Å². The van der Waals surface area contributed by atoms with Crippen LogP contribution in [0.25, 0.3) is 21.8 Å². The highest BCUT2D eigenvalue weighted by Gasteiger charge is 2.24. The zero-order chi connectivity index (χ0) is 23.2. The van der Waals surface area contributed by atoms with Gasteiger partial charge in [0.05, 0.1) is 35.2 Å². The number of nitrogens with one attached hydrogen (secondary N) is 1. The second-order valence-electron chi connectivity index (χ2n) is 6.94. The van der Waals surface area contributed by atoms with Crippen LogP contribution >= 0.6 is 22.9 Å². The van der Waals surface area contributed by atoms with Crippen LogP contribution in [0, 0.1) is 5.82 Å². The summed E-state index contributed by atoms with van der Waals surface area (Å²) in [5.41, 5.74) is 1.15. The van der Waals surface area contributed by atoms with E-state index >= 15 is 4.39 Å². The lowest BCUT2D eigenvalue weighted by atomic mass is 10.1. The van der Waals surface area contributed by atoms with Crippen molar-refractivity contribution in [3.05, 3.63) is 53.7 Å². The van der Waals surface area contributed by atoms with E-state index in [-0.39, 0.29) is 23.1 Å². The molecule has 11 heteroatoms. The maximum Gasteiger partial charge on any atom is 0.412 e. The van der Waals surface area contributed by atoms with E-state index in [9.17, 15) is 4.79 Å². The van der Waals surface area contributed by atoms with E-state index in [1.54, 1.807) is 30.4 Å². The van der Waals surface area contributed by atoms with E-state index in [1.807, 2.05) is 6.92 Å². The van der Waals surface area contributed by atoms with Crippen LogP contribution in [-0.2, 0) is 9.47 Å². The molecular weight excluding hydrogens is 469 g/mol. The van der Waals surface area contributed by atoms with Crippen molar-refractivity contribution in [2.24, 2.45) is 0 Å². The van der Waals surface area contributed by atoms with E-state index in [2.05, 4.69) is 20.2 Å². The number of carbonyl (C=O) groups excluding carboxylic acids is 1. The lowest BCUT2D eigenvalue weighted by Crippen LogP contribution is -2.36. The number of ether oxygens (including phenoxy) is 2. The van der Waals surface area contributed by atoms with Crippen LogP contribution in [0.4, 0.5) is 20.0 Å². The van der Waals surface area contributed by atoms with Crippen LogP contribution < -0.4 is 10.2 Å². The summed E-state index contributed by atoms with van der Waals surface area (Å²) < 4.78 is 26.0. The van der Waals surface area contributed by atoms with Gasteiger partial charge in [-0.25, -0.2) is 24.1 Å². The zero-order valence-electron chi connectivity index (χ0n) is 17.8. The molecule has 1 saturated heterocycles. The molecule has 0 unspecified atom stereocenters. The van der Waals surface area contributed by atoms with Crippen molar-refractivity contribution in [3.63, 3.8) is 0 Å². The summed E-state index contributed by atoms with van der Waals surface area (Å²) in [5.74, 6) is -0.624. The Morgan fingerprint density at radius 1 is 1.33 bits per heavy atom. The van der Waals surface area contributed by atoms with Gasteiger partial charge in [-0.2, -0.15) is 0 Å². The summed E-state index contributed by atoms with van der Waals surface area (Å²) in [6.07, 6.45) is 4.22. The fourth-order valence-electron chi connectivity index (χ4n) is 3.19. The highest BCUT2D eigenvalue weighted by molar-refractivity contribution is 7.19. The van der Waals surface area contributed by atoms with Crippen molar-refractivity contribution >= 4 is 39.8 Å². The Morgan fingerprint density at radius 3 is 2.91 bits per heavy atom. The first-order chi connectivity index (χ1) is 16.1. The summed E-state index contributed by atoms with van der Waals surface area (Å²) >= 11 is 7.40. The molecule has 3 heterocycles. The lowest BCUT2D eigenvalue weighted by molar-refractivity contribution is 0.122. The minimum atomic E-state index is -0.751. The van der Waals surface area contributed by atoms with Gasteiger partial charge < -0.3 is 14.4 Å². The van der Waals surface area contributed by atoms with Crippen molar-refractivity contribution in [2.75, 3.05) is 43.1 Å². The Bertz CT molecular complexity index is 1170. The number of rotatable bonds is 6. The second kappa shape index (κ2) is 10.7. The molecule has 0 bridgehead atoms. The highest BCUT2D eigenvalue weighted by atomic mass is 35.5. The first kappa shape index (κ1) is 23.1. The number of carbonyl (C=O) groups is 1. The predicted octanol–water partition coefficient (Wildman–Crippen LogP) is 5.02. The Hall–Kier alpha value is -3.08. The molecule has 0 atom stereocenters. The standard InChI is InChI=1S/C22H21ClFN5O3S/c1-2-3-11-32-22(30)27-15-6-4-5-14(17(15)24)18-19(16-7-8-25-20(23)26-16)33-21(28-18)29-9-12-31-13-10-29/h2-8H,9-13H2,1H3,(H,27,30)/b3-2+. The fraction of sp³-hybridized carbons (Fsp3) is 0.273. The third-order valence-corrected chi connectivity index (χ3v) is 6.11. The Morgan fingerprint density at radius 2 is 2.15 bits per heavy atom. The minimum absolute atomic E-state index is 0.00873. The number of thiazole rings is 1. The quantitative estimate of drug-likeness (QED) is 0.384. The third-order valence-electron chi connectivity index (χ3n) is 4.79. The van der Waals surface area contributed by atoms with Crippen LogP contribution in [0.3, 0.4) is 0 Å². The van der Waals surface area contributed by atoms with Gasteiger partial charge in [-0.15, -0.1) is 0 Å². The molecule has 0 aliphatic carbocycles. The number of nitrogens with zero attached hydrogens (tertiary/aromatic N) is 4. The molecule has 1 amide bonds. The largest absolute Gasteiger partial charge is 0.445 e. The number of anilines is 2. The molecule has 1 aliphatic heterocycles. The zero-order valence-corrected chi connectivity index (χ0v) is 19.3. The molecule has 1 N–H and O–H groups in total. The SMILES string of the molecule is C/C=C/COC(=O)Nc1cccc(-c2nc(N3CCOCC3)sc2-c2ccnc(Cl)n2)c1F. The summed E-state index contributed by atoms with van der Waals surface area (Å²) in [5, 5.41) is 3.26. The van der Waals surface area contributed by atoms with E-state index < -0.39 is 11.9 Å². The molecule has 3 aromatic rings. The van der Waals surface area contributed by atoms with Gasteiger partial charge in [-0.05, 0) is 36.7 Å². The van der Waals surface area contributed by atoms with Gasteiger partial charge in [0, 0.05) is 24.8 Å². The number of morpholine rings is 1. The molecular formula is C22H21ClFN5O3S. The average Bonchev–Trinajstić information content (AvgIpc) is 3.26. The van der Waals surface area contributed by atoms with Crippen LogP contribution in [0.5, 0.6) is 0 Å². The van der Waals surface area contributed by atoms with Gasteiger partial charge in [0.15, 0.2) is 10.9 Å². The second-order valence-corrected chi connectivity index (χ2v) is 8.26. The summed E-state index contributed by atoms with van der Waals surface area (Å²) in [6, 6.07) is 6.41. The number of halogens is 2. The van der Waals surface area contributed by atoms with E-state index in [4.69, 9.17) is 26.1 Å². The summed E-state index contributed by atoms with van der Waals surface area (Å²) in [6.45, 7) is 4.45. The Labute approximate surface area is 199 Å². The highest BCUT2D eigenvalue weighted by Crippen LogP contribution is 2.41. The number of hydrogen-bond acceptors (Lipinski definition) is 8. The van der Waals surface area contributed by atoms with Crippen molar-refractivity contribution in [2.45, 2.75) is 6.92 Å². The number of benzene rings is 1. The topological polar surface area (TPSA) is 89.5 Å². The monoisotopic (exact) mass is 489 g/mol. The summed E-state index contributed by atoms with van der Waals surface area (Å²) in [7, 11) is 0. The first-order valence-corrected chi connectivity index (χ1v) is 11.4. The van der Waals surface area contributed by atoms with Gasteiger partial charge in [0.25, 0.3) is 0 Å². The number of aromatic nitrogens is 3. The first-order valence-electron chi connectivity index (χ1n) is 10.2. The van der Waals surface area contributed by atoms with Crippen molar-refractivity contribution in [1.82, 2.24) is 15.0 Å². The van der Waals surface area contributed by atoms with E-state index in [0.717, 1.165) is 5.13 Å². The van der Waals surface area contributed by atoms with Gasteiger partial charge in [0.1, 0.15) is 6.61 Å². The third kappa shape index (κ3) is 5.47. The van der Waals surface area contributed by atoms with Crippen LogP contribution in [0.2, 0.25) is 5.28 Å². The Kier molecular flexibility index (Phi) is 7.48.